The van der Waals surface area contributed by atoms with Crippen molar-refractivity contribution in [3.63, 3.8) is 0 Å². The third-order valence-corrected chi connectivity index (χ3v) is 1.17. The maximum absolute atomic E-state index is 9.88. The SMILES string of the molecule is NC(C=C=O)c1cnccn1. The van der Waals surface area contributed by atoms with Crippen LogP contribution in [0.15, 0.2) is 24.7 Å². The molecule has 0 aromatic carbocycles. The van der Waals surface area contributed by atoms with E-state index in [1.807, 2.05) is 0 Å². The van der Waals surface area contributed by atoms with E-state index in [0.29, 0.717) is 5.69 Å². The molecule has 4 nitrogen and oxygen atoms in total. The van der Waals surface area contributed by atoms with E-state index in [-0.39, 0.29) is 0 Å². The van der Waals surface area contributed by atoms with Crippen LogP contribution in [0.2, 0.25) is 0 Å². The van der Waals surface area contributed by atoms with Crippen LogP contribution in [0.1, 0.15) is 11.7 Å². The Labute approximate surface area is 63.8 Å². The summed E-state index contributed by atoms with van der Waals surface area (Å²) in [5.41, 5.74) is 6.05. The first-order valence-corrected chi connectivity index (χ1v) is 3.07. The summed E-state index contributed by atoms with van der Waals surface area (Å²) in [6.07, 6.45) is 5.78. The monoisotopic (exact) mass is 149 g/mol. The Morgan fingerprint density at radius 2 is 2.45 bits per heavy atom. The second kappa shape index (κ2) is 3.61. The molecule has 0 saturated carbocycles. The Balaban J connectivity index is 2.84. The molecule has 1 atom stereocenters. The van der Waals surface area contributed by atoms with Crippen LogP contribution in [-0.2, 0) is 4.79 Å². The van der Waals surface area contributed by atoms with E-state index >= 15 is 0 Å². The van der Waals surface area contributed by atoms with E-state index in [2.05, 4.69) is 9.97 Å². The summed E-state index contributed by atoms with van der Waals surface area (Å²) in [6, 6.07) is -0.499. The van der Waals surface area contributed by atoms with E-state index < -0.39 is 6.04 Å². The van der Waals surface area contributed by atoms with Crippen molar-refractivity contribution in [2.75, 3.05) is 0 Å². The quantitative estimate of drug-likeness (QED) is 0.594. The second-order valence-electron chi connectivity index (χ2n) is 1.94. The minimum atomic E-state index is -0.499. The van der Waals surface area contributed by atoms with Crippen LogP contribution in [0.5, 0.6) is 0 Å². The number of rotatable bonds is 2. The lowest BCUT2D eigenvalue weighted by atomic mass is 10.2. The van der Waals surface area contributed by atoms with Crippen molar-refractivity contribution in [3.05, 3.63) is 30.4 Å². The van der Waals surface area contributed by atoms with Crippen LogP contribution < -0.4 is 5.73 Å². The molecule has 0 aliphatic carbocycles. The Morgan fingerprint density at radius 3 is 3.00 bits per heavy atom. The summed E-state index contributed by atoms with van der Waals surface area (Å²) in [6.45, 7) is 0. The highest BCUT2D eigenvalue weighted by Gasteiger charge is 2.01. The molecular weight excluding hydrogens is 142 g/mol. The average Bonchev–Trinajstić information content (AvgIpc) is 2.07. The Bertz CT molecular complexity index is 266. The maximum Gasteiger partial charge on any atom is 0.122 e. The lowest BCUT2D eigenvalue weighted by molar-refractivity contribution is 0.567. The number of hydrogen-bond donors (Lipinski definition) is 1. The van der Waals surface area contributed by atoms with Gasteiger partial charge < -0.3 is 5.73 Å². The van der Waals surface area contributed by atoms with Gasteiger partial charge in [0.15, 0.2) is 0 Å². The molecule has 0 bridgehead atoms. The highest BCUT2D eigenvalue weighted by molar-refractivity contribution is 5.47. The highest BCUT2D eigenvalue weighted by atomic mass is 16.1. The van der Waals surface area contributed by atoms with E-state index in [1.54, 1.807) is 12.1 Å². The van der Waals surface area contributed by atoms with Gasteiger partial charge >= 0.3 is 0 Å². The zero-order valence-corrected chi connectivity index (χ0v) is 5.77. The van der Waals surface area contributed by atoms with Gasteiger partial charge in [-0.3, -0.25) is 9.97 Å². The first-order chi connectivity index (χ1) is 5.34. The minimum absolute atomic E-state index is 0.499. The number of hydrogen-bond acceptors (Lipinski definition) is 4. The molecular formula is C7H7N3O. The van der Waals surface area contributed by atoms with Crippen molar-refractivity contribution in [2.24, 2.45) is 5.73 Å². The number of aromatic nitrogens is 2. The second-order valence-corrected chi connectivity index (χ2v) is 1.94. The predicted octanol–water partition coefficient (Wildman–Crippen LogP) is -0.136. The summed E-state index contributed by atoms with van der Waals surface area (Å²) in [5.74, 6) is 1.60. The Kier molecular flexibility index (Phi) is 2.49. The standard InChI is InChI=1S/C7H7N3O/c8-6(1-4-11)7-5-9-2-3-10-7/h1-3,5-6H,8H2. The van der Waals surface area contributed by atoms with Gasteiger partial charge in [0, 0.05) is 18.5 Å². The summed E-state index contributed by atoms with van der Waals surface area (Å²) in [4.78, 5) is 17.6. The van der Waals surface area contributed by atoms with E-state index in [0.717, 1.165) is 0 Å². The molecule has 0 amide bonds. The molecule has 2 N–H and O–H groups in total. The third-order valence-electron chi connectivity index (χ3n) is 1.17. The lowest BCUT2D eigenvalue weighted by Crippen LogP contribution is -2.09. The molecule has 11 heavy (non-hydrogen) atoms. The maximum atomic E-state index is 9.88. The van der Waals surface area contributed by atoms with Crippen LogP contribution in [0.25, 0.3) is 0 Å². The summed E-state index contributed by atoms with van der Waals surface area (Å²) >= 11 is 0. The van der Waals surface area contributed by atoms with Crippen molar-refractivity contribution >= 4 is 5.94 Å². The number of nitrogens with two attached hydrogens (primary N) is 1. The number of nitrogens with zero attached hydrogens (tertiary/aromatic N) is 2. The predicted molar refractivity (Wildman–Crippen MR) is 39.2 cm³/mol. The van der Waals surface area contributed by atoms with Gasteiger partial charge in [0.05, 0.1) is 17.9 Å². The van der Waals surface area contributed by atoms with Gasteiger partial charge in [-0.25, -0.2) is 4.79 Å². The Hall–Kier alpha value is -1.51. The molecule has 56 valence electrons. The van der Waals surface area contributed by atoms with Crippen LogP contribution in [0.3, 0.4) is 0 Å². The van der Waals surface area contributed by atoms with Crippen molar-refractivity contribution in [1.82, 2.24) is 9.97 Å². The van der Waals surface area contributed by atoms with Gasteiger partial charge in [0.25, 0.3) is 0 Å². The molecule has 4 heteroatoms. The average molecular weight is 149 g/mol. The first-order valence-electron chi connectivity index (χ1n) is 3.07. The first kappa shape index (κ1) is 7.60. The fourth-order valence-corrected chi connectivity index (χ4v) is 0.641. The van der Waals surface area contributed by atoms with Gasteiger partial charge in [-0.15, -0.1) is 0 Å². The van der Waals surface area contributed by atoms with Crippen LogP contribution in [0.4, 0.5) is 0 Å². The normalized spacial score (nSPS) is 11.7. The molecule has 0 saturated heterocycles. The van der Waals surface area contributed by atoms with Gasteiger partial charge in [-0.1, -0.05) is 0 Å². The fourth-order valence-electron chi connectivity index (χ4n) is 0.641. The highest BCUT2D eigenvalue weighted by Crippen LogP contribution is 2.02. The molecule has 0 fully saturated rings. The van der Waals surface area contributed by atoms with E-state index in [4.69, 9.17) is 5.73 Å². The molecule has 0 radical (unpaired) electrons. The van der Waals surface area contributed by atoms with Crippen LogP contribution in [-0.4, -0.2) is 15.9 Å². The molecule has 1 unspecified atom stereocenters. The summed E-state index contributed by atoms with van der Waals surface area (Å²) in [5, 5.41) is 0. The van der Waals surface area contributed by atoms with E-state index in [9.17, 15) is 4.79 Å². The molecule has 1 aromatic heterocycles. The van der Waals surface area contributed by atoms with Crippen LogP contribution in [0, 0.1) is 0 Å². The molecule has 1 aromatic rings. The zero-order valence-electron chi connectivity index (χ0n) is 5.77. The van der Waals surface area contributed by atoms with Gasteiger partial charge in [0.2, 0.25) is 0 Å². The Morgan fingerprint density at radius 1 is 1.64 bits per heavy atom. The number of carbonyl (C=O) groups excluding carboxylic acids is 1. The van der Waals surface area contributed by atoms with Crippen molar-refractivity contribution < 1.29 is 4.79 Å². The van der Waals surface area contributed by atoms with Crippen molar-refractivity contribution in [2.45, 2.75) is 6.04 Å². The molecule has 0 aliphatic heterocycles. The largest absolute Gasteiger partial charge is 0.319 e. The van der Waals surface area contributed by atoms with Crippen LogP contribution >= 0.6 is 0 Å². The van der Waals surface area contributed by atoms with Crippen molar-refractivity contribution in [3.8, 4) is 0 Å². The summed E-state index contributed by atoms with van der Waals surface area (Å²) in [7, 11) is 0. The van der Waals surface area contributed by atoms with E-state index in [1.165, 1.54) is 18.5 Å². The molecule has 0 spiro atoms. The van der Waals surface area contributed by atoms with Gasteiger partial charge in [-0.2, -0.15) is 0 Å². The fraction of sp³-hybridized carbons (Fsp3) is 0.143. The molecule has 1 rings (SSSR count). The zero-order chi connectivity index (χ0) is 8.10. The third kappa shape index (κ3) is 1.97. The van der Waals surface area contributed by atoms with Gasteiger partial charge in [-0.05, 0) is 0 Å². The molecule has 1 heterocycles. The van der Waals surface area contributed by atoms with Crippen molar-refractivity contribution in [1.29, 1.82) is 0 Å². The lowest BCUT2D eigenvalue weighted by Gasteiger charge is -2.00. The van der Waals surface area contributed by atoms with Gasteiger partial charge in [0.1, 0.15) is 5.94 Å². The topological polar surface area (TPSA) is 68.9 Å². The summed E-state index contributed by atoms with van der Waals surface area (Å²) < 4.78 is 0. The smallest absolute Gasteiger partial charge is 0.122 e. The molecule has 0 aliphatic rings. The minimum Gasteiger partial charge on any atom is -0.319 e.